The first-order valence-electron chi connectivity index (χ1n) is 11.1. The number of fused-ring (bicyclic) bond motifs is 2. The Kier molecular flexibility index (Phi) is 5.07. The van der Waals surface area contributed by atoms with Crippen molar-refractivity contribution < 1.29 is 4.79 Å². The second kappa shape index (κ2) is 8.41. The first-order chi connectivity index (χ1) is 17.1. The van der Waals surface area contributed by atoms with E-state index in [0.717, 1.165) is 38.1 Å². The summed E-state index contributed by atoms with van der Waals surface area (Å²) in [6, 6.07) is 9.95. The second-order valence-electron chi connectivity index (χ2n) is 8.11. The molecule has 0 aliphatic rings. The fourth-order valence-corrected chi connectivity index (χ4v) is 4.81. The van der Waals surface area contributed by atoms with Crippen LogP contribution in [0.1, 0.15) is 18.2 Å². The molecule has 0 atom stereocenters. The fraction of sp³-hybridized carbons (Fsp3) is 0.120. The number of anilines is 1. The topological polar surface area (TPSA) is 125 Å². The number of carbonyl (C=O) groups is 1. The van der Waals surface area contributed by atoms with E-state index in [1.165, 1.54) is 4.88 Å². The Morgan fingerprint density at radius 3 is 2.77 bits per heavy atom. The molecule has 6 aromatic heterocycles. The summed E-state index contributed by atoms with van der Waals surface area (Å²) in [6.07, 6.45) is 7.31. The normalized spacial score (nSPS) is 11.4. The lowest BCUT2D eigenvalue weighted by Gasteiger charge is -2.06. The van der Waals surface area contributed by atoms with Gasteiger partial charge in [0, 0.05) is 41.0 Å². The quantitative estimate of drug-likeness (QED) is 0.306. The summed E-state index contributed by atoms with van der Waals surface area (Å²) in [5, 5.41) is 11.2. The lowest BCUT2D eigenvalue weighted by Crippen LogP contribution is -2.09. The summed E-state index contributed by atoms with van der Waals surface area (Å²) in [4.78, 5) is 35.7. The molecule has 172 valence electrons. The number of aromatic nitrogens is 7. The van der Waals surface area contributed by atoms with Crippen molar-refractivity contribution in [3.8, 4) is 33.2 Å². The number of hydrogen-bond donors (Lipinski definition) is 3. The molecule has 6 heterocycles. The van der Waals surface area contributed by atoms with Crippen molar-refractivity contribution in [2.75, 3.05) is 5.32 Å². The fourth-order valence-electron chi connectivity index (χ4n) is 3.95. The van der Waals surface area contributed by atoms with Gasteiger partial charge in [-0.3, -0.25) is 19.9 Å². The number of aromatic amines is 2. The van der Waals surface area contributed by atoms with E-state index in [0.29, 0.717) is 29.3 Å². The number of nitrogens with zero attached hydrogens (tertiary/aromatic N) is 5. The molecule has 6 rings (SSSR count). The van der Waals surface area contributed by atoms with Gasteiger partial charge in [0.2, 0.25) is 5.91 Å². The smallest absolute Gasteiger partial charge is 0.224 e. The predicted molar refractivity (Wildman–Crippen MR) is 137 cm³/mol. The average molecular weight is 481 g/mol. The Morgan fingerprint density at radius 1 is 1.06 bits per heavy atom. The SMILES string of the molecule is CCC(=O)Nc1cncc(-c2cnc3[nH]nc(-c4nc5c(-c6ccc(C)s6)nccc5[nH]4)c3c2)c1. The summed E-state index contributed by atoms with van der Waals surface area (Å²) in [5.41, 5.74) is 6.19. The van der Waals surface area contributed by atoms with Crippen LogP contribution in [-0.2, 0) is 4.79 Å². The van der Waals surface area contributed by atoms with Gasteiger partial charge >= 0.3 is 0 Å². The summed E-state index contributed by atoms with van der Waals surface area (Å²) >= 11 is 1.69. The minimum atomic E-state index is -0.0638. The molecule has 3 N–H and O–H groups in total. The molecule has 0 fully saturated rings. The van der Waals surface area contributed by atoms with Crippen molar-refractivity contribution in [1.29, 1.82) is 0 Å². The van der Waals surface area contributed by atoms with Crippen LogP contribution in [0.25, 0.3) is 55.3 Å². The molecule has 0 saturated carbocycles. The number of H-pyrrole nitrogens is 2. The lowest BCUT2D eigenvalue weighted by atomic mass is 10.1. The number of aryl methyl sites for hydroxylation is 1. The first-order valence-corrected chi connectivity index (χ1v) is 11.9. The average Bonchev–Trinajstić information content (AvgIpc) is 3.61. The highest BCUT2D eigenvalue weighted by Gasteiger charge is 2.17. The minimum Gasteiger partial charge on any atom is -0.336 e. The van der Waals surface area contributed by atoms with E-state index in [1.54, 1.807) is 36.1 Å². The molecule has 0 unspecified atom stereocenters. The number of imidazole rings is 1. The molecule has 6 aromatic rings. The Hall–Kier alpha value is -4.44. The summed E-state index contributed by atoms with van der Waals surface area (Å²) < 4.78 is 0. The van der Waals surface area contributed by atoms with Gasteiger partial charge in [0.15, 0.2) is 11.5 Å². The Balaban J connectivity index is 1.43. The number of pyridine rings is 3. The van der Waals surface area contributed by atoms with Crippen LogP contribution in [0.2, 0.25) is 0 Å². The van der Waals surface area contributed by atoms with E-state index >= 15 is 0 Å². The molecule has 0 aromatic carbocycles. The van der Waals surface area contributed by atoms with Crippen molar-refractivity contribution in [3.05, 3.63) is 60.0 Å². The summed E-state index contributed by atoms with van der Waals surface area (Å²) in [7, 11) is 0. The van der Waals surface area contributed by atoms with Crippen molar-refractivity contribution >= 4 is 45.0 Å². The van der Waals surface area contributed by atoms with Gasteiger partial charge in [-0.25, -0.2) is 9.97 Å². The molecule has 1 amide bonds. The molecule has 10 heteroatoms. The number of thiophene rings is 1. The lowest BCUT2D eigenvalue weighted by molar-refractivity contribution is -0.115. The van der Waals surface area contributed by atoms with E-state index in [9.17, 15) is 4.79 Å². The van der Waals surface area contributed by atoms with E-state index in [2.05, 4.69) is 54.5 Å². The van der Waals surface area contributed by atoms with Crippen molar-refractivity contribution in [1.82, 2.24) is 35.1 Å². The zero-order chi connectivity index (χ0) is 23.9. The van der Waals surface area contributed by atoms with Crippen LogP contribution in [-0.4, -0.2) is 41.0 Å². The number of carbonyl (C=O) groups excluding carboxylic acids is 1. The van der Waals surface area contributed by atoms with E-state index in [1.807, 2.05) is 25.1 Å². The summed E-state index contributed by atoms with van der Waals surface area (Å²) in [6.45, 7) is 3.89. The van der Waals surface area contributed by atoms with E-state index in [4.69, 9.17) is 4.98 Å². The van der Waals surface area contributed by atoms with Crippen LogP contribution in [0, 0.1) is 6.92 Å². The third kappa shape index (κ3) is 3.83. The maximum Gasteiger partial charge on any atom is 0.224 e. The van der Waals surface area contributed by atoms with Gasteiger partial charge in [-0.05, 0) is 37.3 Å². The van der Waals surface area contributed by atoms with Gasteiger partial charge in [-0.15, -0.1) is 11.3 Å². The van der Waals surface area contributed by atoms with Gasteiger partial charge in [0.25, 0.3) is 0 Å². The third-order valence-corrected chi connectivity index (χ3v) is 6.70. The summed E-state index contributed by atoms with van der Waals surface area (Å²) in [5.74, 6) is 0.570. The standard InChI is InChI=1S/C25H20N8OS/c1-3-20(34)29-16-8-14(10-26-12-16)15-9-17-21(32-33-24(17)28-11-15)25-30-18-6-7-27-23(22(18)31-25)19-5-4-13(2)35-19/h4-12H,3H2,1-2H3,(H,29,34)(H,30,31)(H,28,32,33). The number of nitrogens with one attached hydrogen (secondary N) is 3. The zero-order valence-electron chi connectivity index (χ0n) is 19.0. The van der Waals surface area contributed by atoms with Crippen LogP contribution in [0.5, 0.6) is 0 Å². The number of hydrogen-bond acceptors (Lipinski definition) is 7. The molecule has 0 spiro atoms. The largest absolute Gasteiger partial charge is 0.336 e. The van der Waals surface area contributed by atoms with Crippen molar-refractivity contribution in [3.63, 3.8) is 0 Å². The first kappa shape index (κ1) is 21.1. The zero-order valence-corrected chi connectivity index (χ0v) is 19.8. The van der Waals surface area contributed by atoms with Crippen LogP contribution in [0.3, 0.4) is 0 Å². The van der Waals surface area contributed by atoms with Gasteiger partial charge in [0.1, 0.15) is 16.9 Å². The molecule has 35 heavy (non-hydrogen) atoms. The molecule has 0 aliphatic carbocycles. The molecular weight excluding hydrogens is 460 g/mol. The monoisotopic (exact) mass is 480 g/mol. The van der Waals surface area contributed by atoms with Crippen LogP contribution < -0.4 is 5.32 Å². The second-order valence-corrected chi connectivity index (χ2v) is 9.40. The molecule has 0 aliphatic heterocycles. The van der Waals surface area contributed by atoms with E-state index < -0.39 is 0 Å². The van der Waals surface area contributed by atoms with Crippen molar-refractivity contribution in [2.45, 2.75) is 20.3 Å². The van der Waals surface area contributed by atoms with Crippen LogP contribution >= 0.6 is 11.3 Å². The molecule has 0 saturated heterocycles. The molecule has 9 nitrogen and oxygen atoms in total. The Morgan fingerprint density at radius 2 is 1.94 bits per heavy atom. The van der Waals surface area contributed by atoms with Gasteiger partial charge in [-0.2, -0.15) is 5.10 Å². The number of rotatable bonds is 5. The molecule has 0 bridgehead atoms. The van der Waals surface area contributed by atoms with Crippen molar-refractivity contribution in [2.24, 2.45) is 0 Å². The van der Waals surface area contributed by atoms with Crippen LogP contribution in [0.4, 0.5) is 5.69 Å². The Bertz CT molecular complexity index is 1710. The van der Waals surface area contributed by atoms with E-state index in [-0.39, 0.29) is 5.91 Å². The Labute approximate surface area is 203 Å². The maximum atomic E-state index is 11.8. The van der Waals surface area contributed by atoms with Gasteiger partial charge in [0.05, 0.1) is 27.7 Å². The third-order valence-electron chi connectivity index (χ3n) is 5.69. The maximum absolute atomic E-state index is 11.8. The highest BCUT2D eigenvalue weighted by molar-refractivity contribution is 7.15. The molecule has 0 radical (unpaired) electrons. The van der Waals surface area contributed by atoms with Gasteiger partial charge < -0.3 is 10.3 Å². The highest BCUT2D eigenvalue weighted by atomic mass is 32.1. The predicted octanol–water partition coefficient (Wildman–Crippen LogP) is 5.34. The highest BCUT2D eigenvalue weighted by Crippen LogP contribution is 2.34. The van der Waals surface area contributed by atoms with Crippen LogP contribution in [0.15, 0.2) is 55.1 Å². The number of amides is 1. The minimum absolute atomic E-state index is 0.0638. The van der Waals surface area contributed by atoms with Gasteiger partial charge in [-0.1, -0.05) is 6.92 Å². The molecular formula is C25H20N8OS.